The van der Waals surface area contributed by atoms with Crippen molar-refractivity contribution in [1.82, 2.24) is 9.78 Å². The van der Waals surface area contributed by atoms with Gasteiger partial charge in [-0.3, -0.25) is 4.68 Å². The van der Waals surface area contributed by atoms with Crippen LogP contribution in [0.25, 0.3) is 0 Å². The summed E-state index contributed by atoms with van der Waals surface area (Å²) in [7, 11) is 1.92. The lowest BCUT2D eigenvalue weighted by Gasteiger charge is -2.13. The number of aromatic nitrogens is 2. The molecule has 1 atom stereocenters. The van der Waals surface area contributed by atoms with Gasteiger partial charge >= 0.3 is 0 Å². The molecule has 0 fully saturated rings. The molecule has 0 radical (unpaired) electrons. The minimum absolute atomic E-state index is 0.132. The zero-order valence-electron chi connectivity index (χ0n) is 12.4. The molecule has 0 spiro atoms. The highest BCUT2D eigenvalue weighted by Crippen LogP contribution is 2.35. The minimum Gasteiger partial charge on any atom is -0.485 e. The summed E-state index contributed by atoms with van der Waals surface area (Å²) in [5.41, 5.74) is 9.04. The number of halogens is 2. The third kappa shape index (κ3) is 4.31. The van der Waals surface area contributed by atoms with Crippen molar-refractivity contribution in [2.45, 2.75) is 32.9 Å². The molecular weight excluding hydrogens is 398 g/mol. The number of nitrogens with two attached hydrogens (primary N) is 1. The van der Waals surface area contributed by atoms with Gasteiger partial charge in [0.1, 0.15) is 12.4 Å². The zero-order chi connectivity index (χ0) is 15.6. The Morgan fingerprint density at radius 2 is 1.90 bits per heavy atom. The van der Waals surface area contributed by atoms with Gasteiger partial charge in [-0.15, -0.1) is 0 Å². The molecule has 2 rings (SSSR count). The summed E-state index contributed by atoms with van der Waals surface area (Å²) in [5.74, 6) is 0.794. The first kappa shape index (κ1) is 16.5. The van der Waals surface area contributed by atoms with Gasteiger partial charge in [0, 0.05) is 13.1 Å². The Morgan fingerprint density at radius 3 is 2.38 bits per heavy atom. The van der Waals surface area contributed by atoms with E-state index in [1.807, 2.05) is 31.6 Å². The topological polar surface area (TPSA) is 53.1 Å². The average molecular weight is 417 g/mol. The predicted octanol–water partition coefficient (Wildman–Crippen LogP) is 3.72. The van der Waals surface area contributed by atoms with E-state index in [2.05, 4.69) is 49.1 Å². The molecule has 0 aliphatic rings. The van der Waals surface area contributed by atoms with Gasteiger partial charge in [0.25, 0.3) is 0 Å². The number of rotatable bonds is 5. The van der Waals surface area contributed by atoms with Gasteiger partial charge in [0.2, 0.25) is 0 Å². The lowest BCUT2D eigenvalue weighted by atomic mass is 10.1. The molecular formula is C15H19Br2N3O. The van der Waals surface area contributed by atoms with Gasteiger partial charge in [-0.25, -0.2) is 0 Å². The van der Waals surface area contributed by atoms with Crippen molar-refractivity contribution in [2.24, 2.45) is 12.8 Å². The van der Waals surface area contributed by atoms with E-state index in [1.165, 1.54) is 5.56 Å². The predicted molar refractivity (Wildman–Crippen MR) is 91.5 cm³/mol. The Kier molecular flexibility index (Phi) is 5.46. The molecule has 2 aromatic rings. The molecule has 1 unspecified atom stereocenters. The van der Waals surface area contributed by atoms with Crippen LogP contribution in [-0.4, -0.2) is 15.8 Å². The zero-order valence-corrected chi connectivity index (χ0v) is 15.5. The van der Waals surface area contributed by atoms with Crippen molar-refractivity contribution in [3.05, 3.63) is 44.1 Å². The minimum atomic E-state index is 0.132. The Morgan fingerprint density at radius 1 is 1.29 bits per heavy atom. The highest BCUT2D eigenvalue weighted by molar-refractivity contribution is 9.11. The molecule has 0 saturated heterocycles. The first-order valence-corrected chi connectivity index (χ1v) is 8.31. The fraction of sp³-hybridized carbons (Fsp3) is 0.400. The second kappa shape index (κ2) is 6.94. The number of hydrogen-bond acceptors (Lipinski definition) is 3. The summed E-state index contributed by atoms with van der Waals surface area (Å²) in [6.45, 7) is 4.44. The number of aryl methyl sites for hydroxylation is 2. The van der Waals surface area contributed by atoms with E-state index in [4.69, 9.17) is 10.5 Å². The Hall–Kier alpha value is -0.850. The van der Waals surface area contributed by atoms with Crippen LogP contribution in [0.3, 0.4) is 0 Å². The van der Waals surface area contributed by atoms with Crippen LogP contribution in [0.5, 0.6) is 5.75 Å². The molecule has 0 amide bonds. The van der Waals surface area contributed by atoms with Crippen LogP contribution >= 0.6 is 31.9 Å². The first-order chi connectivity index (χ1) is 9.86. The van der Waals surface area contributed by atoms with Crippen LogP contribution < -0.4 is 10.5 Å². The Bertz CT molecular complexity index is 615. The summed E-state index contributed by atoms with van der Waals surface area (Å²) in [6, 6.07) is 6.26. The molecule has 4 nitrogen and oxygen atoms in total. The Labute approximate surface area is 141 Å². The van der Waals surface area contributed by atoms with Gasteiger partial charge in [0.05, 0.1) is 20.3 Å². The molecule has 1 aromatic carbocycles. The van der Waals surface area contributed by atoms with Gasteiger partial charge < -0.3 is 10.5 Å². The Balaban J connectivity index is 2.15. The highest BCUT2D eigenvalue weighted by Gasteiger charge is 2.11. The SMILES string of the molecule is Cc1cc(COc2c(Br)cc(CC(C)N)cc2Br)n(C)n1. The fourth-order valence-corrected chi connectivity index (χ4v) is 3.70. The molecule has 1 heterocycles. The van der Waals surface area contributed by atoms with Crippen molar-refractivity contribution in [3.8, 4) is 5.75 Å². The summed E-state index contributed by atoms with van der Waals surface area (Å²) in [6.07, 6.45) is 0.832. The second-order valence-corrected chi connectivity index (χ2v) is 6.97. The van der Waals surface area contributed by atoms with Gasteiger partial charge in [-0.2, -0.15) is 5.10 Å². The third-order valence-corrected chi connectivity index (χ3v) is 4.26. The molecule has 0 bridgehead atoms. The molecule has 0 aliphatic carbocycles. The van der Waals surface area contributed by atoms with Crippen LogP contribution in [0.1, 0.15) is 23.9 Å². The van der Waals surface area contributed by atoms with E-state index in [-0.39, 0.29) is 6.04 Å². The van der Waals surface area contributed by atoms with E-state index < -0.39 is 0 Å². The monoisotopic (exact) mass is 415 g/mol. The summed E-state index contributed by atoms with van der Waals surface area (Å²) >= 11 is 7.13. The van der Waals surface area contributed by atoms with E-state index in [1.54, 1.807) is 0 Å². The first-order valence-electron chi connectivity index (χ1n) is 6.72. The maximum Gasteiger partial charge on any atom is 0.148 e. The number of hydrogen-bond donors (Lipinski definition) is 1. The van der Waals surface area contributed by atoms with Crippen molar-refractivity contribution in [1.29, 1.82) is 0 Å². The number of ether oxygens (including phenoxy) is 1. The van der Waals surface area contributed by atoms with E-state index in [0.29, 0.717) is 6.61 Å². The number of nitrogens with zero attached hydrogens (tertiary/aromatic N) is 2. The van der Waals surface area contributed by atoms with Crippen molar-refractivity contribution in [3.63, 3.8) is 0 Å². The second-order valence-electron chi connectivity index (χ2n) is 5.26. The van der Waals surface area contributed by atoms with Crippen LogP contribution in [0, 0.1) is 6.92 Å². The maximum atomic E-state index is 5.92. The normalized spacial score (nSPS) is 12.5. The fourth-order valence-electron chi connectivity index (χ4n) is 2.19. The molecule has 0 saturated carbocycles. The van der Waals surface area contributed by atoms with E-state index >= 15 is 0 Å². The highest BCUT2D eigenvalue weighted by atomic mass is 79.9. The molecule has 0 aliphatic heterocycles. The van der Waals surface area contributed by atoms with Crippen LogP contribution in [0.4, 0.5) is 0 Å². The maximum absolute atomic E-state index is 5.92. The van der Waals surface area contributed by atoms with E-state index in [0.717, 1.165) is 32.5 Å². The molecule has 114 valence electrons. The van der Waals surface area contributed by atoms with Crippen molar-refractivity contribution >= 4 is 31.9 Å². The van der Waals surface area contributed by atoms with Crippen molar-refractivity contribution < 1.29 is 4.74 Å². The van der Waals surface area contributed by atoms with Crippen LogP contribution in [0.15, 0.2) is 27.1 Å². The number of benzene rings is 1. The smallest absolute Gasteiger partial charge is 0.148 e. The summed E-state index contributed by atoms with van der Waals surface area (Å²) in [4.78, 5) is 0. The van der Waals surface area contributed by atoms with Gasteiger partial charge in [-0.05, 0) is 75.9 Å². The van der Waals surface area contributed by atoms with Gasteiger partial charge in [-0.1, -0.05) is 0 Å². The summed E-state index contributed by atoms with van der Waals surface area (Å²) < 4.78 is 9.60. The summed E-state index contributed by atoms with van der Waals surface area (Å²) in [5, 5.41) is 4.31. The molecule has 21 heavy (non-hydrogen) atoms. The van der Waals surface area contributed by atoms with E-state index in [9.17, 15) is 0 Å². The molecule has 2 N–H and O–H groups in total. The standard InChI is InChI=1S/C15H19Br2N3O/c1-9(18)4-11-6-13(16)15(14(17)7-11)21-8-12-5-10(2)19-20(12)3/h5-7,9H,4,8,18H2,1-3H3. The lowest BCUT2D eigenvalue weighted by molar-refractivity contribution is 0.291. The van der Waals surface area contributed by atoms with Crippen LogP contribution in [0.2, 0.25) is 0 Å². The molecule has 6 heteroatoms. The van der Waals surface area contributed by atoms with Crippen molar-refractivity contribution in [2.75, 3.05) is 0 Å². The average Bonchev–Trinajstić information content (AvgIpc) is 2.66. The molecule has 1 aromatic heterocycles. The van der Waals surface area contributed by atoms with Gasteiger partial charge in [0.15, 0.2) is 0 Å². The quantitative estimate of drug-likeness (QED) is 0.807. The largest absolute Gasteiger partial charge is 0.485 e. The third-order valence-electron chi connectivity index (χ3n) is 3.08. The lowest BCUT2D eigenvalue weighted by Crippen LogP contribution is -2.17. The van der Waals surface area contributed by atoms with Crippen LogP contribution in [-0.2, 0) is 20.1 Å².